The molecule has 0 aromatic heterocycles. The van der Waals surface area contributed by atoms with E-state index < -0.39 is 0 Å². The van der Waals surface area contributed by atoms with Crippen LogP contribution in [0, 0.1) is 0 Å². The molecule has 0 spiro atoms. The molecule has 2 amide bonds. The van der Waals surface area contributed by atoms with E-state index in [1.165, 1.54) is 0 Å². The predicted octanol–water partition coefficient (Wildman–Crippen LogP) is 2.59. The molecule has 0 atom stereocenters. The molecular weight excluding hydrogens is 290 g/mol. The van der Waals surface area contributed by atoms with E-state index >= 15 is 0 Å². The van der Waals surface area contributed by atoms with Crippen LogP contribution in [0.2, 0.25) is 0 Å². The Labute approximate surface area is 135 Å². The van der Waals surface area contributed by atoms with E-state index in [-0.39, 0.29) is 11.8 Å². The molecule has 2 aromatic carbocycles. The van der Waals surface area contributed by atoms with Crippen LogP contribution in [0.15, 0.2) is 48.5 Å². The number of nitrogens with one attached hydrogen (secondary N) is 2. The van der Waals surface area contributed by atoms with Gasteiger partial charge >= 0.3 is 0 Å². The second kappa shape index (κ2) is 7.98. The van der Waals surface area contributed by atoms with E-state index in [4.69, 9.17) is 5.73 Å². The number of anilines is 2. The lowest BCUT2D eigenvalue weighted by Gasteiger charge is -2.11. The van der Waals surface area contributed by atoms with Gasteiger partial charge in [0.2, 0.25) is 5.91 Å². The standard InChI is InChI=1S/C18H21N3O2/c1-2-20-18(23)15-8-3-4-9-16(15)21-17(22)11-10-13-6-5-7-14(19)12-13/h3-9,12H,2,10-11,19H2,1H3,(H,20,23)(H,21,22). The molecule has 0 heterocycles. The van der Waals surface area contributed by atoms with Crippen LogP contribution >= 0.6 is 0 Å². The number of para-hydroxylation sites is 1. The summed E-state index contributed by atoms with van der Waals surface area (Å²) in [5.41, 5.74) is 8.41. The summed E-state index contributed by atoms with van der Waals surface area (Å²) in [7, 11) is 0. The summed E-state index contributed by atoms with van der Waals surface area (Å²) in [6, 6.07) is 14.5. The lowest BCUT2D eigenvalue weighted by atomic mass is 10.1. The summed E-state index contributed by atoms with van der Waals surface area (Å²) < 4.78 is 0. The van der Waals surface area contributed by atoms with Crippen LogP contribution in [0.1, 0.15) is 29.3 Å². The number of hydrogen-bond acceptors (Lipinski definition) is 3. The van der Waals surface area contributed by atoms with Gasteiger partial charge in [0.25, 0.3) is 5.91 Å². The van der Waals surface area contributed by atoms with Crippen molar-refractivity contribution in [3.8, 4) is 0 Å². The Morgan fingerprint density at radius 3 is 2.61 bits per heavy atom. The molecule has 0 aliphatic carbocycles. The Hall–Kier alpha value is -2.82. The normalized spacial score (nSPS) is 10.1. The molecule has 2 aromatic rings. The Kier molecular flexibility index (Phi) is 5.74. The highest BCUT2D eigenvalue weighted by molar-refractivity contribution is 6.03. The highest BCUT2D eigenvalue weighted by atomic mass is 16.2. The van der Waals surface area contributed by atoms with Crippen LogP contribution in [0.3, 0.4) is 0 Å². The average Bonchev–Trinajstić information content (AvgIpc) is 2.54. The van der Waals surface area contributed by atoms with Gasteiger partial charge in [-0.2, -0.15) is 0 Å². The maximum Gasteiger partial charge on any atom is 0.253 e. The Morgan fingerprint density at radius 2 is 1.87 bits per heavy atom. The molecule has 0 bridgehead atoms. The molecule has 0 radical (unpaired) electrons. The maximum atomic E-state index is 12.1. The van der Waals surface area contributed by atoms with Gasteiger partial charge in [0.05, 0.1) is 11.3 Å². The fourth-order valence-electron chi connectivity index (χ4n) is 2.27. The molecule has 23 heavy (non-hydrogen) atoms. The summed E-state index contributed by atoms with van der Waals surface area (Å²) >= 11 is 0. The third-order valence-electron chi connectivity index (χ3n) is 3.37. The minimum atomic E-state index is -0.195. The first-order valence-corrected chi connectivity index (χ1v) is 7.61. The molecule has 0 aliphatic heterocycles. The topological polar surface area (TPSA) is 84.2 Å². The van der Waals surface area contributed by atoms with Gasteiger partial charge in [-0.1, -0.05) is 24.3 Å². The molecule has 0 saturated carbocycles. The van der Waals surface area contributed by atoms with Crippen molar-refractivity contribution in [2.75, 3.05) is 17.6 Å². The van der Waals surface area contributed by atoms with Gasteiger partial charge in [0, 0.05) is 18.7 Å². The molecule has 5 heteroatoms. The molecule has 0 aliphatic rings. The van der Waals surface area contributed by atoms with Gasteiger partial charge in [0.15, 0.2) is 0 Å². The zero-order chi connectivity index (χ0) is 16.7. The number of amides is 2. The number of hydrogen-bond donors (Lipinski definition) is 3. The highest BCUT2D eigenvalue weighted by Crippen LogP contribution is 2.16. The molecule has 0 fully saturated rings. The molecule has 0 saturated heterocycles. The largest absolute Gasteiger partial charge is 0.399 e. The van der Waals surface area contributed by atoms with Crippen molar-refractivity contribution < 1.29 is 9.59 Å². The van der Waals surface area contributed by atoms with E-state index in [2.05, 4.69) is 10.6 Å². The van der Waals surface area contributed by atoms with Gasteiger partial charge in [-0.05, 0) is 43.2 Å². The Balaban J connectivity index is 1.99. The fraction of sp³-hybridized carbons (Fsp3) is 0.222. The molecule has 5 nitrogen and oxygen atoms in total. The predicted molar refractivity (Wildman–Crippen MR) is 92.3 cm³/mol. The van der Waals surface area contributed by atoms with E-state index in [1.807, 2.05) is 31.2 Å². The van der Waals surface area contributed by atoms with Crippen LogP contribution in [-0.4, -0.2) is 18.4 Å². The number of carbonyl (C=O) groups is 2. The smallest absolute Gasteiger partial charge is 0.253 e. The van der Waals surface area contributed by atoms with Crippen LogP contribution in [-0.2, 0) is 11.2 Å². The minimum absolute atomic E-state index is 0.135. The molecule has 2 rings (SSSR count). The first kappa shape index (κ1) is 16.5. The van der Waals surface area contributed by atoms with E-state index in [9.17, 15) is 9.59 Å². The quantitative estimate of drug-likeness (QED) is 0.717. The first-order valence-electron chi connectivity index (χ1n) is 7.61. The summed E-state index contributed by atoms with van der Waals surface area (Å²) in [4.78, 5) is 24.1. The molecule has 0 unspecified atom stereocenters. The zero-order valence-electron chi connectivity index (χ0n) is 13.1. The maximum absolute atomic E-state index is 12.1. The number of nitrogens with two attached hydrogens (primary N) is 1. The van der Waals surface area contributed by atoms with Gasteiger partial charge in [-0.15, -0.1) is 0 Å². The van der Waals surface area contributed by atoms with Crippen LogP contribution in [0.5, 0.6) is 0 Å². The highest BCUT2D eigenvalue weighted by Gasteiger charge is 2.12. The second-order valence-electron chi connectivity index (χ2n) is 5.20. The van der Waals surface area contributed by atoms with E-state index in [1.54, 1.807) is 24.3 Å². The summed E-state index contributed by atoms with van der Waals surface area (Å²) in [5, 5.41) is 5.54. The lowest BCUT2D eigenvalue weighted by Crippen LogP contribution is -2.24. The number of nitrogen functional groups attached to an aromatic ring is 1. The first-order chi connectivity index (χ1) is 11.1. The van der Waals surface area contributed by atoms with E-state index in [0.29, 0.717) is 36.3 Å². The van der Waals surface area contributed by atoms with Crippen molar-refractivity contribution in [2.45, 2.75) is 19.8 Å². The number of carbonyl (C=O) groups excluding carboxylic acids is 2. The zero-order valence-corrected chi connectivity index (χ0v) is 13.1. The van der Waals surface area contributed by atoms with Gasteiger partial charge in [0.1, 0.15) is 0 Å². The number of rotatable bonds is 6. The minimum Gasteiger partial charge on any atom is -0.399 e. The van der Waals surface area contributed by atoms with Crippen molar-refractivity contribution in [3.05, 3.63) is 59.7 Å². The third kappa shape index (κ3) is 4.85. The Morgan fingerprint density at radius 1 is 1.09 bits per heavy atom. The summed E-state index contributed by atoms with van der Waals surface area (Å²) in [6.45, 7) is 2.39. The molecule has 120 valence electrons. The summed E-state index contributed by atoms with van der Waals surface area (Å²) in [5.74, 6) is -0.330. The fourth-order valence-corrected chi connectivity index (χ4v) is 2.27. The van der Waals surface area contributed by atoms with Crippen molar-refractivity contribution in [1.82, 2.24) is 5.32 Å². The Bertz CT molecular complexity index is 698. The number of aryl methyl sites for hydroxylation is 1. The second-order valence-corrected chi connectivity index (χ2v) is 5.20. The van der Waals surface area contributed by atoms with Gasteiger partial charge in [-0.3, -0.25) is 9.59 Å². The summed E-state index contributed by atoms with van der Waals surface area (Å²) in [6.07, 6.45) is 0.924. The van der Waals surface area contributed by atoms with Crippen LogP contribution in [0.4, 0.5) is 11.4 Å². The van der Waals surface area contributed by atoms with E-state index in [0.717, 1.165) is 5.56 Å². The van der Waals surface area contributed by atoms with Crippen LogP contribution in [0.25, 0.3) is 0 Å². The van der Waals surface area contributed by atoms with Crippen LogP contribution < -0.4 is 16.4 Å². The molecular formula is C18H21N3O2. The molecule has 4 N–H and O–H groups in total. The van der Waals surface area contributed by atoms with Crippen molar-refractivity contribution in [2.24, 2.45) is 0 Å². The van der Waals surface area contributed by atoms with Crippen molar-refractivity contribution in [3.63, 3.8) is 0 Å². The lowest BCUT2D eigenvalue weighted by molar-refractivity contribution is -0.116. The SMILES string of the molecule is CCNC(=O)c1ccccc1NC(=O)CCc1cccc(N)c1. The monoisotopic (exact) mass is 311 g/mol. The van der Waals surface area contributed by atoms with Crippen molar-refractivity contribution in [1.29, 1.82) is 0 Å². The van der Waals surface area contributed by atoms with Gasteiger partial charge in [-0.25, -0.2) is 0 Å². The third-order valence-corrected chi connectivity index (χ3v) is 3.37. The van der Waals surface area contributed by atoms with Gasteiger partial charge < -0.3 is 16.4 Å². The average molecular weight is 311 g/mol. The van der Waals surface area contributed by atoms with Crippen molar-refractivity contribution >= 4 is 23.2 Å². The number of benzene rings is 2.